The topological polar surface area (TPSA) is 83.5 Å². The van der Waals surface area contributed by atoms with Gasteiger partial charge in [0.05, 0.1) is 33.0 Å². The van der Waals surface area contributed by atoms with Crippen LogP contribution in [0.3, 0.4) is 0 Å². The Morgan fingerprint density at radius 2 is 1.03 bits per heavy atom. The van der Waals surface area contributed by atoms with Gasteiger partial charge in [0.25, 0.3) is 0 Å². The summed E-state index contributed by atoms with van der Waals surface area (Å²) in [6.07, 6.45) is 19.3. The second-order valence-corrected chi connectivity index (χ2v) is 9.30. The van der Waals surface area contributed by atoms with Gasteiger partial charge in [0, 0.05) is 6.61 Å². The monoisotopic (exact) mass is 468 g/mol. The number of hydrogen-bond acceptors (Lipinski definition) is 6. The molecule has 0 aromatic heterocycles. The summed E-state index contributed by atoms with van der Waals surface area (Å²) in [5, 5.41) is 0. The molecule has 0 bridgehead atoms. The summed E-state index contributed by atoms with van der Waals surface area (Å²) < 4.78 is 31.2. The first-order valence-electron chi connectivity index (χ1n) is 12.6. The van der Waals surface area contributed by atoms with Crippen molar-refractivity contribution in [2.45, 2.75) is 110 Å². The minimum Gasteiger partial charge on any atom is -0.379 e. The Morgan fingerprint density at radius 3 is 1.55 bits per heavy atom. The third-order valence-corrected chi connectivity index (χ3v) is 5.84. The van der Waals surface area contributed by atoms with Gasteiger partial charge in [-0.2, -0.15) is 0 Å². The number of phosphoric acid groups is 1. The summed E-state index contributed by atoms with van der Waals surface area (Å²) >= 11 is 0. The van der Waals surface area contributed by atoms with Gasteiger partial charge in [0.15, 0.2) is 0 Å². The van der Waals surface area contributed by atoms with E-state index >= 15 is 0 Å². The Labute approximate surface area is 191 Å². The van der Waals surface area contributed by atoms with E-state index in [1.165, 1.54) is 77.0 Å². The largest absolute Gasteiger partial charge is 0.499 e. The number of hydrogen-bond donors (Lipinski definition) is 1. The first kappa shape index (κ1) is 31.0. The predicted octanol–water partition coefficient (Wildman–Crippen LogP) is 6.98. The second-order valence-electron chi connectivity index (χ2n) is 7.96. The molecule has 0 fully saturated rings. The van der Waals surface area contributed by atoms with Crippen LogP contribution in [0.1, 0.15) is 110 Å². The van der Waals surface area contributed by atoms with Crippen LogP contribution in [0.5, 0.6) is 0 Å². The average Bonchev–Trinajstić information content (AvgIpc) is 2.75. The summed E-state index contributed by atoms with van der Waals surface area (Å²) in [6.45, 7) is 6.16. The van der Waals surface area contributed by atoms with E-state index in [4.69, 9.17) is 18.9 Å². The summed E-state index contributed by atoms with van der Waals surface area (Å²) in [7, 11) is -4.18. The Morgan fingerprint density at radius 1 is 0.581 bits per heavy atom. The highest BCUT2D eigenvalue weighted by Crippen LogP contribution is 2.43. The van der Waals surface area contributed by atoms with E-state index in [1.807, 2.05) is 6.92 Å². The van der Waals surface area contributed by atoms with Crippen molar-refractivity contribution < 1.29 is 33.0 Å². The SMILES string of the molecule is CCCCCCCCCCCCCCCCCOOP(=O)(O)OCCOCCOCC. The standard InChI is InChI=1S/C23H49O7P/c1-3-5-6-7-8-9-10-11-12-13-14-15-16-17-18-19-28-30-31(24,25)29-23-22-27-21-20-26-4-2/h3-23H2,1-2H3,(H,24,25). The Hall–Kier alpha value is -0.0100. The maximum Gasteiger partial charge on any atom is 0.499 e. The Kier molecular flexibility index (Phi) is 24.6. The second kappa shape index (κ2) is 24.6. The molecule has 0 aromatic carbocycles. The van der Waals surface area contributed by atoms with Crippen LogP contribution in [0.2, 0.25) is 0 Å². The summed E-state index contributed by atoms with van der Waals surface area (Å²) in [4.78, 5) is 14.3. The van der Waals surface area contributed by atoms with E-state index in [0.717, 1.165) is 19.3 Å². The maximum atomic E-state index is 11.6. The number of rotatable bonds is 26. The first-order valence-corrected chi connectivity index (χ1v) is 14.1. The highest BCUT2D eigenvalue weighted by atomic mass is 31.2. The zero-order valence-electron chi connectivity index (χ0n) is 20.2. The normalized spacial score (nSPS) is 13.5. The molecule has 0 saturated heterocycles. The van der Waals surface area contributed by atoms with Crippen LogP contribution < -0.4 is 0 Å². The van der Waals surface area contributed by atoms with Crippen LogP contribution in [-0.4, -0.2) is 44.5 Å². The fourth-order valence-corrected chi connectivity index (χ4v) is 3.79. The molecule has 0 spiro atoms. The van der Waals surface area contributed by atoms with Crippen LogP contribution in [0.4, 0.5) is 0 Å². The molecule has 0 aliphatic carbocycles. The van der Waals surface area contributed by atoms with E-state index in [1.54, 1.807) is 0 Å². The lowest BCUT2D eigenvalue weighted by Crippen LogP contribution is -2.09. The number of phosphoric ester groups is 1. The molecule has 0 rings (SSSR count). The lowest BCUT2D eigenvalue weighted by atomic mass is 10.0. The lowest BCUT2D eigenvalue weighted by Gasteiger charge is -2.11. The van der Waals surface area contributed by atoms with Gasteiger partial charge in [0.1, 0.15) is 0 Å². The maximum absolute atomic E-state index is 11.6. The molecule has 1 atom stereocenters. The van der Waals surface area contributed by atoms with E-state index < -0.39 is 7.82 Å². The van der Waals surface area contributed by atoms with Gasteiger partial charge in [0.2, 0.25) is 0 Å². The van der Waals surface area contributed by atoms with Gasteiger partial charge in [-0.3, -0.25) is 4.52 Å². The molecule has 0 aromatic rings. The summed E-state index contributed by atoms with van der Waals surface area (Å²) in [5.41, 5.74) is 0. The fraction of sp³-hybridized carbons (Fsp3) is 1.00. The highest BCUT2D eigenvalue weighted by Gasteiger charge is 2.22. The molecular formula is C23H49O7P. The van der Waals surface area contributed by atoms with E-state index in [0.29, 0.717) is 19.8 Å². The van der Waals surface area contributed by atoms with Crippen LogP contribution in [0.15, 0.2) is 0 Å². The van der Waals surface area contributed by atoms with Crippen molar-refractivity contribution in [2.24, 2.45) is 0 Å². The molecule has 0 aliphatic heterocycles. The molecule has 7 nitrogen and oxygen atoms in total. The molecule has 0 saturated carbocycles. The molecule has 0 aliphatic rings. The van der Waals surface area contributed by atoms with Crippen molar-refractivity contribution >= 4 is 7.82 Å². The van der Waals surface area contributed by atoms with Crippen LogP contribution >= 0.6 is 7.82 Å². The van der Waals surface area contributed by atoms with Gasteiger partial charge in [-0.05, 0) is 13.3 Å². The van der Waals surface area contributed by atoms with Crippen LogP contribution in [-0.2, 0) is 28.1 Å². The average molecular weight is 469 g/mol. The minimum absolute atomic E-state index is 0.0395. The molecular weight excluding hydrogens is 419 g/mol. The van der Waals surface area contributed by atoms with Crippen LogP contribution in [0, 0.1) is 0 Å². The predicted molar refractivity (Wildman–Crippen MR) is 125 cm³/mol. The van der Waals surface area contributed by atoms with Crippen molar-refractivity contribution in [3.63, 3.8) is 0 Å². The third kappa shape index (κ3) is 26.1. The van der Waals surface area contributed by atoms with Gasteiger partial charge >= 0.3 is 7.82 Å². The van der Waals surface area contributed by atoms with Crippen molar-refractivity contribution in [1.82, 2.24) is 0 Å². The number of unbranched alkanes of at least 4 members (excludes halogenated alkanes) is 14. The fourth-order valence-electron chi connectivity index (χ4n) is 3.23. The van der Waals surface area contributed by atoms with E-state index in [9.17, 15) is 9.46 Å². The van der Waals surface area contributed by atoms with Crippen molar-refractivity contribution in [2.75, 3.05) is 39.6 Å². The number of ether oxygens (including phenoxy) is 2. The third-order valence-electron chi connectivity index (χ3n) is 5.04. The molecule has 31 heavy (non-hydrogen) atoms. The van der Waals surface area contributed by atoms with Crippen molar-refractivity contribution in [3.05, 3.63) is 0 Å². The Balaban J connectivity index is 3.25. The Bertz CT molecular complexity index is 396. The van der Waals surface area contributed by atoms with Gasteiger partial charge in [-0.1, -0.05) is 96.8 Å². The van der Waals surface area contributed by atoms with Gasteiger partial charge < -0.3 is 14.4 Å². The van der Waals surface area contributed by atoms with Gasteiger partial charge in [-0.25, -0.2) is 9.45 Å². The van der Waals surface area contributed by atoms with Gasteiger partial charge in [-0.15, -0.1) is 4.67 Å². The molecule has 188 valence electrons. The molecule has 1 unspecified atom stereocenters. The smallest absolute Gasteiger partial charge is 0.379 e. The first-order chi connectivity index (χ1) is 15.1. The van der Waals surface area contributed by atoms with Crippen LogP contribution in [0.25, 0.3) is 0 Å². The summed E-state index contributed by atoms with van der Waals surface area (Å²) in [6, 6.07) is 0. The molecule has 0 amide bonds. The molecule has 0 heterocycles. The van der Waals surface area contributed by atoms with Crippen molar-refractivity contribution in [3.8, 4) is 0 Å². The summed E-state index contributed by atoms with van der Waals surface area (Å²) in [5.74, 6) is 0. The molecule has 8 heteroatoms. The highest BCUT2D eigenvalue weighted by molar-refractivity contribution is 7.47. The minimum atomic E-state index is -4.18. The van der Waals surface area contributed by atoms with Crippen molar-refractivity contribution in [1.29, 1.82) is 0 Å². The zero-order valence-corrected chi connectivity index (χ0v) is 21.1. The quantitative estimate of drug-likeness (QED) is 0.0634. The zero-order chi connectivity index (χ0) is 22.9. The molecule has 1 N–H and O–H groups in total. The van der Waals surface area contributed by atoms with E-state index in [-0.39, 0.29) is 19.8 Å². The lowest BCUT2D eigenvalue weighted by molar-refractivity contribution is -0.225. The van der Waals surface area contributed by atoms with E-state index in [2.05, 4.69) is 11.6 Å². The molecule has 0 radical (unpaired) electrons.